The van der Waals surface area contributed by atoms with Crippen LogP contribution in [-0.2, 0) is 6.42 Å². The molecule has 0 unspecified atom stereocenters. The predicted octanol–water partition coefficient (Wildman–Crippen LogP) is 4.18. The van der Waals surface area contributed by atoms with Gasteiger partial charge < -0.3 is 5.32 Å². The molecule has 1 aliphatic carbocycles. The zero-order valence-corrected chi connectivity index (χ0v) is 11.8. The molecule has 1 aromatic rings. The molecule has 1 fully saturated rings. The second-order valence-electron chi connectivity index (χ2n) is 5.83. The molecule has 100 valence electrons. The molecule has 1 N–H and O–H groups in total. The van der Waals surface area contributed by atoms with Gasteiger partial charge in [-0.3, -0.25) is 0 Å². The normalized spacial score (nSPS) is 18.1. The first-order chi connectivity index (χ1) is 8.85. The highest BCUT2D eigenvalue weighted by Crippen LogP contribution is 2.40. The highest BCUT2D eigenvalue weighted by Gasteiger charge is 2.31. The molecule has 0 radical (unpaired) electrons. The van der Waals surface area contributed by atoms with Crippen LogP contribution in [0.3, 0.4) is 0 Å². The number of rotatable bonds is 7. The van der Waals surface area contributed by atoms with Gasteiger partial charge in [-0.2, -0.15) is 0 Å². The van der Waals surface area contributed by atoms with Gasteiger partial charge >= 0.3 is 0 Å². The molecule has 1 aliphatic rings. The van der Waals surface area contributed by atoms with Crippen molar-refractivity contribution < 1.29 is 0 Å². The van der Waals surface area contributed by atoms with E-state index in [2.05, 4.69) is 42.6 Å². The Morgan fingerprint density at radius 1 is 1.11 bits per heavy atom. The zero-order chi connectivity index (χ0) is 12.7. The molecule has 0 aliphatic heterocycles. The summed E-state index contributed by atoms with van der Waals surface area (Å²) in [6.07, 6.45) is 9.57. The summed E-state index contributed by atoms with van der Waals surface area (Å²) in [4.78, 5) is 0. The van der Waals surface area contributed by atoms with Gasteiger partial charge in [-0.25, -0.2) is 0 Å². The van der Waals surface area contributed by atoms with Crippen molar-refractivity contribution in [3.63, 3.8) is 0 Å². The average Bonchev–Trinajstić information content (AvgIpc) is 2.89. The molecule has 1 heteroatoms. The lowest BCUT2D eigenvalue weighted by atomic mass is 9.83. The first-order valence-electron chi connectivity index (χ1n) is 7.59. The van der Waals surface area contributed by atoms with Gasteiger partial charge in [0, 0.05) is 6.54 Å². The second-order valence-corrected chi connectivity index (χ2v) is 5.83. The smallest absolute Gasteiger partial charge is 0.000770 e. The predicted molar refractivity (Wildman–Crippen MR) is 78.8 cm³/mol. The Labute approximate surface area is 112 Å². The Morgan fingerprint density at radius 2 is 1.83 bits per heavy atom. The largest absolute Gasteiger partial charge is 0.316 e. The molecule has 18 heavy (non-hydrogen) atoms. The lowest BCUT2D eigenvalue weighted by molar-refractivity contribution is 0.269. The van der Waals surface area contributed by atoms with Gasteiger partial charge in [-0.05, 0) is 49.6 Å². The molecule has 1 aromatic carbocycles. The third-order valence-electron chi connectivity index (χ3n) is 4.58. The molecular weight excluding hydrogens is 218 g/mol. The van der Waals surface area contributed by atoms with Gasteiger partial charge in [0.1, 0.15) is 0 Å². The molecule has 0 spiro atoms. The Morgan fingerprint density at radius 3 is 2.50 bits per heavy atom. The number of benzene rings is 1. The molecule has 0 atom stereocenters. The molecule has 0 aromatic heterocycles. The van der Waals surface area contributed by atoms with Gasteiger partial charge in [-0.15, -0.1) is 0 Å². The van der Waals surface area contributed by atoms with Crippen molar-refractivity contribution in [2.75, 3.05) is 13.1 Å². The van der Waals surface area contributed by atoms with Crippen LogP contribution in [0.15, 0.2) is 30.3 Å². The summed E-state index contributed by atoms with van der Waals surface area (Å²) in [7, 11) is 0. The van der Waals surface area contributed by atoms with Crippen LogP contribution in [0.5, 0.6) is 0 Å². The van der Waals surface area contributed by atoms with Gasteiger partial charge in [-0.1, -0.05) is 50.1 Å². The Kier molecular flexibility index (Phi) is 5.25. The van der Waals surface area contributed by atoms with E-state index >= 15 is 0 Å². The average molecular weight is 245 g/mol. The monoisotopic (exact) mass is 245 g/mol. The van der Waals surface area contributed by atoms with E-state index in [0.717, 1.165) is 6.54 Å². The van der Waals surface area contributed by atoms with Crippen molar-refractivity contribution in [2.24, 2.45) is 5.41 Å². The van der Waals surface area contributed by atoms with E-state index in [1.54, 1.807) is 0 Å². The molecule has 2 rings (SSSR count). The van der Waals surface area contributed by atoms with Crippen molar-refractivity contribution in [3.8, 4) is 0 Å². The lowest BCUT2D eigenvalue weighted by Gasteiger charge is -2.27. The maximum atomic E-state index is 3.69. The van der Waals surface area contributed by atoms with Gasteiger partial charge in [0.05, 0.1) is 0 Å². The summed E-state index contributed by atoms with van der Waals surface area (Å²) >= 11 is 0. The molecular formula is C17H27N. The standard InChI is InChI=1S/C17H27N/c1-2-17(12-6-7-13-17)15-18-14-8-11-16-9-4-3-5-10-16/h3-5,9-10,18H,2,6-8,11-15H2,1H3. The number of hydrogen-bond donors (Lipinski definition) is 1. The van der Waals surface area contributed by atoms with E-state index in [1.807, 2.05) is 0 Å². The summed E-state index contributed by atoms with van der Waals surface area (Å²) in [5.74, 6) is 0. The van der Waals surface area contributed by atoms with E-state index in [0.29, 0.717) is 5.41 Å². The molecule has 1 nitrogen and oxygen atoms in total. The molecule has 0 amide bonds. The van der Waals surface area contributed by atoms with Crippen LogP contribution in [0.2, 0.25) is 0 Å². The van der Waals surface area contributed by atoms with Crippen LogP contribution < -0.4 is 5.32 Å². The fraction of sp³-hybridized carbons (Fsp3) is 0.647. The minimum Gasteiger partial charge on any atom is -0.316 e. The summed E-state index contributed by atoms with van der Waals surface area (Å²) in [5, 5.41) is 3.69. The Bertz CT molecular complexity index is 325. The summed E-state index contributed by atoms with van der Waals surface area (Å²) in [6.45, 7) is 4.76. The molecule has 0 heterocycles. The second kappa shape index (κ2) is 6.94. The van der Waals surface area contributed by atoms with Crippen LogP contribution in [0.25, 0.3) is 0 Å². The van der Waals surface area contributed by atoms with E-state index in [-0.39, 0.29) is 0 Å². The topological polar surface area (TPSA) is 12.0 Å². The third kappa shape index (κ3) is 3.84. The minimum absolute atomic E-state index is 0.632. The lowest BCUT2D eigenvalue weighted by Crippen LogP contribution is -2.32. The number of nitrogens with one attached hydrogen (secondary N) is 1. The van der Waals surface area contributed by atoms with Crippen molar-refractivity contribution >= 4 is 0 Å². The molecule has 0 bridgehead atoms. The molecule has 1 saturated carbocycles. The van der Waals surface area contributed by atoms with Crippen LogP contribution in [-0.4, -0.2) is 13.1 Å². The highest BCUT2D eigenvalue weighted by molar-refractivity contribution is 5.14. The van der Waals surface area contributed by atoms with Crippen LogP contribution in [0.1, 0.15) is 51.0 Å². The number of hydrogen-bond acceptors (Lipinski definition) is 1. The van der Waals surface area contributed by atoms with Crippen LogP contribution >= 0.6 is 0 Å². The van der Waals surface area contributed by atoms with Crippen molar-refractivity contribution in [2.45, 2.75) is 51.9 Å². The SMILES string of the molecule is CCC1(CNCCCc2ccccc2)CCCC1. The van der Waals surface area contributed by atoms with E-state index in [1.165, 1.54) is 57.1 Å². The van der Waals surface area contributed by atoms with Crippen LogP contribution in [0, 0.1) is 5.41 Å². The first-order valence-corrected chi connectivity index (χ1v) is 7.59. The van der Waals surface area contributed by atoms with Crippen molar-refractivity contribution in [3.05, 3.63) is 35.9 Å². The van der Waals surface area contributed by atoms with Gasteiger partial charge in [0.2, 0.25) is 0 Å². The Balaban J connectivity index is 1.61. The van der Waals surface area contributed by atoms with E-state index in [4.69, 9.17) is 0 Å². The van der Waals surface area contributed by atoms with E-state index < -0.39 is 0 Å². The third-order valence-corrected chi connectivity index (χ3v) is 4.58. The summed E-state index contributed by atoms with van der Waals surface area (Å²) in [5.41, 5.74) is 2.10. The molecule has 0 saturated heterocycles. The van der Waals surface area contributed by atoms with Crippen molar-refractivity contribution in [1.82, 2.24) is 5.32 Å². The fourth-order valence-corrected chi connectivity index (χ4v) is 3.20. The highest BCUT2D eigenvalue weighted by atomic mass is 14.9. The maximum Gasteiger partial charge on any atom is 0.000770 e. The number of aryl methyl sites for hydroxylation is 1. The summed E-state index contributed by atoms with van der Waals surface area (Å²) in [6, 6.07) is 10.8. The van der Waals surface area contributed by atoms with Crippen molar-refractivity contribution in [1.29, 1.82) is 0 Å². The Hall–Kier alpha value is -0.820. The van der Waals surface area contributed by atoms with Gasteiger partial charge in [0.15, 0.2) is 0 Å². The maximum absolute atomic E-state index is 3.69. The van der Waals surface area contributed by atoms with E-state index in [9.17, 15) is 0 Å². The minimum atomic E-state index is 0.632. The van der Waals surface area contributed by atoms with Gasteiger partial charge in [0.25, 0.3) is 0 Å². The zero-order valence-electron chi connectivity index (χ0n) is 11.8. The fourth-order valence-electron chi connectivity index (χ4n) is 3.20. The first kappa shape index (κ1) is 13.6. The summed E-state index contributed by atoms with van der Waals surface area (Å²) < 4.78 is 0. The quantitative estimate of drug-likeness (QED) is 0.711. The van der Waals surface area contributed by atoms with Crippen LogP contribution in [0.4, 0.5) is 0 Å².